The van der Waals surface area contributed by atoms with E-state index in [4.69, 9.17) is 10.5 Å². The Morgan fingerprint density at radius 1 is 1.36 bits per heavy atom. The fourth-order valence-electron chi connectivity index (χ4n) is 1.70. The number of rotatable bonds is 6. The Bertz CT molecular complexity index is 628. The number of hydrogen-bond acceptors (Lipinski definition) is 3. The molecule has 22 heavy (non-hydrogen) atoms. The molecule has 0 aliphatic rings. The first-order valence-electron chi connectivity index (χ1n) is 7.09. The van der Waals surface area contributed by atoms with Gasteiger partial charge >= 0.3 is 0 Å². The minimum absolute atomic E-state index is 0.349. The summed E-state index contributed by atoms with van der Waals surface area (Å²) >= 11 is 0. The Balaban J connectivity index is 1.93. The third-order valence-electron chi connectivity index (χ3n) is 2.80. The highest BCUT2D eigenvalue weighted by Crippen LogP contribution is 2.20. The number of nitrogens with one attached hydrogen (secondary N) is 1. The number of pyridine rings is 1. The van der Waals surface area contributed by atoms with Gasteiger partial charge in [-0.05, 0) is 24.1 Å². The van der Waals surface area contributed by atoms with Gasteiger partial charge in [-0.2, -0.15) is 0 Å². The van der Waals surface area contributed by atoms with Crippen molar-refractivity contribution in [2.24, 2.45) is 10.7 Å². The van der Waals surface area contributed by atoms with Gasteiger partial charge in [0, 0.05) is 24.9 Å². The van der Waals surface area contributed by atoms with E-state index in [1.54, 1.807) is 24.4 Å². The van der Waals surface area contributed by atoms with Crippen molar-refractivity contribution in [3.8, 4) is 11.6 Å². The normalized spacial score (nSPS) is 11.3. The minimum atomic E-state index is -0.349. The predicted octanol–water partition coefficient (Wildman–Crippen LogP) is 2.83. The number of hydrogen-bond donors (Lipinski definition) is 2. The van der Waals surface area contributed by atoms with Crippen LogP contribution in [0.4, 0.5) is 4.39 Å². The smallest absolute Gasteiger partial charge is 0.219 e. The molecule has 0 bridgehead atoms. The lowest BCUT2D eigenvalue weighted by Crippen LogP contribution is -2.32. The molecule has 0 spiro atoms. The largest absolute Gasteiger partial charge is 0.439 e. The molecular weight excluding hydrogens is 283 g/mol. The Kier molecular flexibility index (Phi) is 5.71. The molecule has 1 aromatic heterocycles. The summed E-state index contributed by atoms with van der Waals surface area (Å²) in [6.45, 7) is 3.30. The van der Waals surface area contributed by atoms with E-state index >= 15 is 0 Å². The number of ether oxygens (including phenoxy) is 1. The molecule has 1 aromatic carbocycles. The molecular formula is C16H19FN4O. The van der Waals surface area contributed by atoms with E-state index in [9.17, 15) is 4.39 Å². The Morgan fingerprint density at radius 3 is 2.91 bits per heavy atom. The maximum atomic E-state index is 13.1. The van der Waals surface area contributed by atoms with E-state index in [0.717, 1.165) is 18.5 Å². The zero-order valence-corrected chi connectivity index (χ0v) is 12.4. The van der Waals surface area contributed by atoms with Crippen molar-refractivity contribution in [1.29, 1.82) is 0 Å². The fourth-order valence-corrected chi connectivity index (χ4v) is 1.70. The minimum Gasteiger partial charge on any atom is -0.439 e. The molecule has 116 valence electrons. The molecule has 0 fully saturated rings. The van der Waals surface area contributed by atoms with E-state index in [-0.39, 0.29) is 5.82 Å². The highest BCUT2D eigenvalue weighted by molar-refractivity contribution is 5.77. The number of benzene rings is 1. The molecule has 0 radical (unpaired) electrons. The molecule has 2 rings (SSSR count). The predicted molar refractivity (Wildman–Crippen MR) is 84.3 cm³/mol. The molecule has 5 nitrogen and oxygen atoms in total. The highest BCUT2D eigenvalue weighted by atomic mass is 19.1. The standard InChI is InChI=1S/C16H19FN4O/c1-2-8-19-16(18)21-11-12-6-7-15(20-10-12)22-14-5-3-4-13(17)9-14/h3-7,9-10H,2,8,11H2,1H3,(H3,18,19,21). The second kappa shape index (κ2) is 7.97. The van der Waals surface area contributed by atoms with Gasteiger partial charge in [0.25, 0.3) is 0 Å². The molecule has 0 saturated carbocycles. The summed E-state index contributed by atoms with van der Waals surface area (Å²) in [5, 5.41) is 3.00. The van der Waals surface area contributed by atoms with Crippen molar-refractivity contribution >= 4 is 5.96 Å². The second-order valence-corrected chi connectivity index (χ2v) is 4.69. The number of nitrogens with zero attached hydrogens (tertiary/aromatic N) is 2. The van der Waals surface area contributed by atoms with Crippen LogP contribution in [0.5, 0.6) is 11.6 Å². The number of halogens is 1. The van der Waals surface area contributed by atoms with Crippen LogP contribution in [-0.4, -0.2) is 17.5 Å². The molecule has 3 N–H and O–H groups in total. The van der Waals surface area contributed by atoms with Crippen molar-refractivity contribution in [2.75, 3.05) is 6.54 Å². The second-order valence-electron chi connectivity index (χ2n) is 4.69. The van der Waals surface area contributed by atoms with Crippen molar-refractivity contribution in [3.05, 3.63) is 54.0 Å². The van der Waals surface area contributed by atoms with E-state index < -0.39 is 0 Å². The van der Waals surface area contributed by atoms with Crippen LogP contribution in [-0.2, 0) is 6.54 Å². The maximum Gasteiger partial charge on any atom is 0.219 e. The SMILES string of the molecule is CCCNC(N)=NCc1ccc(Oc2cccc(F)c2)nc1. The average Bonchev–Trinajstić information content (AvgIpc) is 2.52. The van der Waals surface area contributed by atoms with Gasteiger partial charge in [0.05, 0.1) is 6.54 Å². The van der Waals surface area contributed by atoms with Gasteiger partial charge in [0.1, 0.15) is 11.6 Å². The van der Waals surface area contributed by atoms with Gasteiger partial charge < -0.3 is 15.8 Å². The summed E-state index contributed by atoms with van der Waals surface area (Å²) in [6.07, 6.45) is 2.65. The molecule has 0 atom stereocenters. The third kappa shape index (κ3) is 5.05. The summed E-state index contributed by atoms with van der Waals surface area (Å²) in [5.41, 5.74) is 6.62. The van der Waals surface area contributed by atoms with Crippen molar-refractivity contribution in [3.63, 3.8) is 0 Å². The average molecular weight is 302 g/mol. The van der Waals surface area contributed by atoms with Crippen molar-refractivity contribution < 1.29 is 9.13 Å². The van der Waals surface area contributed by atoms with Crippen molar-refractivity contribution in [2.45, 2.75) is 19.9 Å². The van der Waals surface area contributed by atoms with Gasteiger partial charge in [-0.1, -0.05) is 19.1 Å². The van der Waals surface area contributed by atoms with Crippen LogP contribution in [0.25, 0.3) is 0 Å². The molecule has 6 heteroatoms. The van der Waals surface area contributed by atoms with E-state index in [1.165, 1.54) is 12.1 Å². The molecule has 0 amide bonds. The Labute approximate surface area is 129 Å². The molecule has 2 aromatic rings. The van der Waals surface area contributed by atoms with Gasteiger partial charge in [0.15, 0.2) is 5.96 Å². The lowest BCUT2D eigenvalue weighted by Gasteiger charge is -2.06. The van der Waals surface area contributed by atoms with Gasteiger partial charge in [-0.25, -0.2) is 14.4 Å². The van der Waals surface area contributed by atoms with Crippen LogP contribution >= 0.6 is 0 Å². The third-order valence-corrected chi connectivity index (χ3v) is 2.80. The van der Waals surface area contributed by atoms with Crippen LogP contribution in [0.15, 0.2) is 47.6 Å². The van der Waals surface area contributed by atoms with E-state index in [1.807, 2.05) is 6.07 Å². The Morgan fingerprint density at radius 2 is 2.23 bits per heavy atom. The van der Waals surface area contributed by atoms with Crippen LogP contribution < -0.4 is 15.8 Å². The zero-order valence-electron chi connectivity index (χ0n) is 12.4. The summed E-state index contributed by atoms with van der Waals surface area (Å²) in [5.74, 6) is 0.877. The molecule has 0 unspecified atom stereocenters. The van der Waals surface area contributed by atoms with E-state index in [2.05, 4.69) is 22.2 Å². The summed E-state index contributed by atoms with van der Waals surface area (Å²) in [7, 11) is 0. The highest BCUT2D eigenvalue weighted by Gasteiger charge is 2.01. The summed E-state index contributed by atoms with van der Waals surface area (Å²) in [4.78, 5) is 8.38. The topological polar surface area (TPSA) is 72.5 Å². The number of nitrogens with two attached hydrogens (primary N) is 1. The molecule has 1 heterocycles. The van der Waals surface area contributed by atoms with Crippen LogP contribution in [0.1, 0.15) is 18.9 Å². The maximum absolute atomic E-state index is 13.1. The van der Waals surface area contributed by atoms with Crippen LogP contribution in [0, 0.1) is 5.82 Å². The lowest BCUT2D eigenvalue weighted by molar-refractivity contribution is 0.457. The fraction of sp³-hybridized carbons (Fsp3) is 0.250. The Hall–Kier alpha value is -2.63. The first-order chi connectivity index (χ1) is 10.7. The number of guanidine groups is 1. The monoisotopic (exact) mass is 302 g/mol. The number of aliphatic imine (C=N–C) groups is 1. The van der Waals surface area contributed by atoms with Crippen LogP contribution in [0.2, 0.25) is 0 Å². The summed E-state index contributed by atoms with van der Waals surface area (Å²) in [6, 6.07) is 9.48. The molecule has 0 saturated heterocycles. The lowest BCUT2D eigenvalue weighted by atomic mass is 10.3. The zero-order chi connectivity index (χ0) is 15.8. The first-order valence-corrected chi connectivity index (χ1v) is 7.09. The first kappa shape index (κ1) is 15.8. The van der Waals surface area contributed by atoms with Gasteiger partial charge in [0.2, 0.25) is 5.88 Å². The molecule has 0 aliphatic carbocycles. The van der Waals surface area contributed by atoms with Crippen LogP contribution in [0.3, 0.4) is 0 Å². The van der Waals surface area contributed by atoms with Crippen molar-refractivity contribution in [1.82, 2.24) is 10.3 Å². The number of aromatic nitrogens is 1. The molecule has 0 aliphatic heterocycles. The van der Waals surface area contributed by atoms with E-state index in [0.29, 0.717) is 24.1 Å². The quantitative estimate of drug-likeness (QED) is 0.636. The summed E-state index contributed by atoms with van der Waals surface area (Å²) < 4.78 is 18.5. The van der Waals surface area contributed by atoms with Gasteiger partial charge in [-0.15, -0.1) is 0 Å². The van der Waals surface area contributed by atoms with Gasteiger partial charge in [-0.3, -0.25) is 0 Å².